The minimum Gasteiger partial charge on any atom is -0.346 e. The molecule has 5 aromatic rings. The standard InChI is InChI=1S/C26H18F3N3O/c27-26(28,29)18-5-2-6-19(15-18)32-25(33)23-9-3-7-20-16(4-1-8-22(20)23)14-17-10-12-30-24-21(17)11-13-31-24/h1-13,15H,14H2,(H,30,31)(H,32,33). The Morgan fingerprint density at radius 3 is 2.48 bits per heavy atom. The summed E-state index contributed by atoms with van der Waals surface area (Å²) in [5.74, 6) is -0.464. The Hall–Kier alpha value is -4.13. The number of halogens is 3. The summed E-state index contributed by atoms with van der Waals surface area (Å²) in [4.78, 5) is 20.4. The first kappa shape index (κ1) is 20.8. The first-order valence-electron chi connectivity index (χ1n) is 10.3. The van der Waals surface area contributed by atoms with Gasteiger partial charge >= 0.3 is 6.18 Å². The molecule has 4 nitrogen and oxygen atoms in total. The molecule has 0 unspecified atom stereocenters. The van der Waals surface area contributed by atoms with E-state index in [9.17, 15) is 18.0 Å². The van der Waals surface area contributed by atoms with Gasteiger partial charge in [-0.25, -0.2) is 4.98 Å². The number of fused-ring (bicyclic) bond motifs is 2. The van der Waals surface area contributed by atoms with Crippen LogP contribution in [0.15, 0.2) is 85.2 Å². The van der Waals surface area contributed by atoms with Crippen LogP contribution in [0.5, 0.6) is 0 Å². The molecule has 3 aromatic carbocycles. The molecule has 0 aliphatic heterocycles. The molecule has 5 rings (SSSR count). The molecule has 2 aromatic heterocycles. The van der Waals surface area contributed by atoms with Crippen molar-refractivity contribution in [2.75, 3.05) is 5.32 Å². The lowest BCUT2D eigenvalue weighted by atomic mass is 9.95. The van der Waals surface area contributed by atoms with Crippen LogP contribution in [0.1, 0.15) is 27.0 Å². The molecule has 164 valence electrons. The molecular weight excluding hydrogens is 427 g/mol. The maximum absolute atomic E-state index is 13.0. The van der Waals surface area contributed by atoms with Crippen molar-refractivity contribution in [2.24, 2.45) is 0 Å². The Bertz CT molecular complexity index is 1490. The molecule has 2 N–H and O–H groups in total. The van der Waals surface area contributed by atoms with Gasteiger partial charge in [-0.3, -0.25) is 4.79 Å². The van der Waals surface area contributed by atoms with Crippen LogP contribution in [-0.2, 0) is 12.6 Å². The predicted octanol–water partition coefficient (Wildman–Crippen LogP) is 6.58. The number of anilines is 1. The number of carbonyl (C=O) groups is 1. The van der Waals surface area contributed by atoms with Gasteiger partial charge in [-0.15, -0.1) is 0 Å². The number of rotatable bonds is 4. The number of amides is 1. The van der Waals surface area contributed by atoms with Crippen molar-refractivity contribution >= 4 is 33.4 Å². The normalized spacial score (nSPS) is 11.7. The average molecular weight is 445 g/mol. The monoisotopic (exact) mass is 445 g/mol. The van der Waals surface area contributed by atoms with E-state index >= 15 is 0 Å². The fraction of sp³-hybridized carbons (Fsp3) is 0.0769. The quantitative estimate of drug-likeness (QED) is 0.328. The van der Waals surface area contributed by atoms with Crippen LogP contribution in [0.3, 0.4) is 0 Å². The second-order valence-corrected chi connectivity index (χ2v) is 7.74. The predicted molar refractivity (Wildman–Crippen MR) is 122 cm³/mol. The van der Waals surface area contributed by atoms with E-state index in [1.807, 2.05) is 42.6 Å². The summed E-state index contributed by atoms with van der Waals surface area (Å²) in [5.41, 5.74) is 2.63. The van der Waals surface area contributed by atoms with Gasteiger partial charge in [0.15, 0.2) is 0 Å². The van der Waals surface area contributed by atoms with Gasteiger partial charge in [-0.2, -0.15) is 13.2 Å². The lowest BCUT2D eigenvalue weighted by Gasteiger charge is -2.13. The lowest BCUT2D eigenvalue weighted by molar-refractivity contribution is -0.137. The van der Waals surface area contributed by atoms with Gasteiger partial charge in [-0.1, -0.05) is 36.4 Å². The Labute approximate surface area is 187 Å². The maximum Gasteiger partial charge on any atom is 0.416 e. The highest BCUT2D eigenvalue weighted by Gasteiger charge is 2.30. The molecule has 33 heavy (non-hydrogen) atoms. The zero-order chi connectivity index (χ0) is 23.0. The summed E-state index contributed by atoms with van der Waals surface area (Å²) in [5, 5.41) is 5.28. The fourth-order valence-electron chi connectivity index (χ4n) is 4.08. The SMILES string of the molecule is O=C(Nc1cccc(C(F)(F)F)c1)c1cccc2c(Cc3ccnc4[nH]ccc34)cccc12. The second-order valence-electron chi connectivity index (χ2n) is 7.74. The minimum absolute atomic E-state index is 0.0922. The summed E-state index contributed by atoms with van der Waals surface area (Å²) in [6.45, 7) is 0. The van der Waals surface area contributed by atoms with Crippen LogP contribution in [0.4, 0.5) is 18.9 Å². The van der Waals surface area contributed by atoms with Crippen molar-refractivity contribution in [3.05, 3.63) is 107 Å². The largest absolute Gasteiger partial charge is 0.416 e. The van der Waals surface area contributed by atoms with Crippen molar-refractivity contribution in [1.82, 2.24) is 9.97 Å². The van der Waals surface area contributed by atoms with E-state index in [2.05, 4.69) is 15.3 Å². The Morgan fingerprint density at radius 2 is 1.64 bits per heavy atom. The van der Waals surface area contributed by atoms with E-state index in [4.69, 9.17) is 0 Å². The number of alkyl halides is 3. The van der Waals surface area contributed by atoms with Crippen LogP contribution in [0, 0.1) is 0 Å². The second kappa shape index (κ2) is 8.09. The number of H-pyrrole nitrogens is 1. The van der Waals surface area contributed by atoms with Crippen molar-refractivity contribution in [1.29, 1.82) is 0 Å². The zero-order valence-corrected chi connectivity index (χ0v) is 17.3. The molecule has 0 atom stereocenters. The average Bonchev–Trinajstić information content (AvgIpc) is 3.28. The molecule has 2 heterocycles. The molecule has 0 aliphatic rings. The number of benzene rings is 3. The van der Waals surface area contributed by atoms with E-state index in [1.54, 1.807) is 18.3 Å². The first-order chi connectivity index (χ1) is 15.9. The smallest absolute Gasteiger partial charge is 0.346 e. The molecule has 0 radical (unpaired) electrons. The highest BCUT2D eigenvalue weighted by Crippen LogP contribution is 2.31. The number of aromatic amines is 1. The fourth-order valence-corrected chi connectivity index (χ4v) is 4.08. The van der Waals surface area contributed by atoms with E-state index in [1.165, 1.54) is 12.1 Å². The molecule has 0 aliphatic carbocycles. The van der Waals surface area contributed by atoms with Crippen LogP contribution < -0.4 is 5.32 Å². The lowest BCUT2D eigenvalue weighted by Crippen LogP contribution is -2.13. The number of hydrogen-bond acceptors (Lipinski definition) is 2. The number of aromatic nitrogens is 2. The maximum atomic E-state index is 13.0. The summed E-state index contributed by atoms with van der Waals surface area (Å²) in [6, 6.07) is 19.7. The molecule has 0 spiro atoms. The van der Waals surface area contributed by atoms with Gasteiger partial charge in [0, 0.05) is 29.0 Å². The minimum atomic E-state index is -4.48. The number of hydrogen-bond donors (Lipinski definition) is 2. The Kier molecular flexibility index (Phi) is 5.09. The van der Waals surface area contributed by atoms with Gasteiger partial charge in [0.1, 0.15) is 5.65 Å². The zero-order valence-electron chi connectivity index (χ0n) is 17.3. The van der Waals surface area contributed by atoms with Gasteiger partial charge < -0.3 is 10.3 Å². The van der Waals surface area contributed by atoms with Crippen molar-refractivity contribution in [3.8, 4) is 0 Å². The highest BCUT2D eigenvalue weighted by molar-refractivity contribution is 6.13. The van der Waals surface area contributed by atoms with Gasteiger partial charge in [-0.05, 0) is 64.7 Å². The van der Waals surface area contributed by atoms with Crippen LogP contribution in [0.25, 0.3) is 21.8 Å². The van der Waals surface area contributed by atoms with E-state index in [0.717, 1.165) is 45.1 Å². The summed E-state index contributed by atoms with van der Waals surface area (Å²) >= 11 is 0. The van der Waals surface area contributed by atoms with Gasteiger partial charge in [0.25, 0.3) is 5.91 Å². The molecular formula is C26H18F3N3O. The number of nitrogens with one attached hydrogen (secondary N) is 2. The van der Waals surface area contributed by atoms with E-state index in [-0.39, 0.29) is 5.69 Å². The van der Waals surface area contributed by atoms with E-state index in [0.29, 0.717) is 12.0 Å². The van der Waals surface area contributed by atoms with Gasteiger partial charge in [0.2, 0.25) is 0 Å². The highest BCUT2D eigenvalue weighted by atomic mass is 19.4. The third-order valence-corrected chi connectivity index (χ3v) is 5.64. The summed E-state index contributed by atoms with van der Waals surface area (Å²) < 4.78 is 39.1. The molecule has 0 saturated heterocycles. The number of pyridine rings is 1. The topological polar surface area (TPSA) is 57.8 Å². The number of carbonyl (C=O) groups excluding carboxylic acids is 1. The Morgan fingerprint density at radius 1 is 0.879 bits per heavy atom. The van der Waals surface area contributed by atoms with Crippen molar-refractivity contribution < 1.29 is 18.0 Å². The molecule has 1 amide bonds. The third kappa shape index (κ3) is 4.05. The number of nitrogens with zero attached hydrogens (tertiary/aromatic N) is 1. The van der Waals surface area contributed by atoms with Crippen LogP contribution in [-0.4, -0.2) is 15.9 Å². The Balaban J connectivity index is 1.49. The van der Waals surface area contributed by atoms with Gasteiger partial charge in [0.05, 0.1) is 5.56 Å². The summed E-state index contributed by atoms with van der Waals surface area (Å²) in [7, 11) is 0. The van der Waals surface area contributed by atoms with Crippen LogP contribution >= 0.6 is 0 Å². The van der Waals surface area contributed by atoms with Crippen molar-refractivity contribution in [3.63, 3.8) is 0 Å². The molecule has 0 fully saturated rings. The van der Waals surface area contributed by atoms with Crippen molar-refractivity contribution in [2.45, 2.75) is 12.6 Å². The summed E-state index contributed by atoms with van der Waals surface area (Å²) in [6.07, 6.45) is -0.229. The first-order valence-corrected chi connectivity index (χ1v) is 10.3. The molecule has 0 bridgehead atoms. The third-order valence-electron chi connectivity index (χ3n) is 5.64. The molecule has 0 saturated carbocycles. The molecule has 7 heteroatoms. The van der Waals surface area contributed by atoms with E-state index < -0.39 is 17.6 Å². The van der Waals surface area contributed by atoms with Crippen LogP contribution in [0.2, 0.25) is 0 Å².